The molecule has 1 aromatic heterocycles. The molecule has 0 aliphatic heterocycles. The van der Waals surface area contributed by atoms with Gasteiger partial charge in [-0.25, -0.2) is 5.43 Å². The highest BCUT2D eigenvalue weighted by molar-refractivity contribution is 9.10. The summed E-state index contributed by atoms with van der Waals surface area (Å²) in [4.78, 5) is 12.2. The van der Waals surface area contributed by atoms with E-state index in [1.54, 1.807) is 12.3 Å². The monoisotopic (exact) mass is 308 g/mol. The van der Waals surface area contributed by atoms with Crippen LogP contribution in [0.3, 0.4) is 0 Å². The molecule has 3 nitrogen and oxygen atoms in total. The SMILES string of the molecule is O=C(NN=Cc1ccccc1Br)c1cccs1. The van der Waals surface area contributed by atoms with Gasteiger partial charge in [0, 0.05) is 10.0 Å². The van der Waals surface area contributed by atoms with Gasteiger partial charge in [0.2, 0.25) is 0 Å². The summed E-state index contributed by atoms with van der Waals surface area (Å²) in [5.74, 6) is -0.191. The van der Waals surface area contributed by atoms with Crippen LogP contribution in [0.1, 0.15) is 15.2 Å². The number of thiophene rings is 1. The van der Waals surface area contributed by atoms with Crippen LogP contribution >= 0.6 is 27.3 Å². The van der Waals surface area contributed by atoms with Crippen LogP contribution in [0.2, 0.25) is 0 Å². The van der Waals surface area contributed by atoms with Crippen molar-refractivity contribution in [3.63, 3.8) is 0 Å². The zero-order chi connectivity index (χ0) is 12.1. The van der Waals surface area contributed by atoms with Gasteiger partial charge in [0.25, 0.3) is 5.91 Å². The molecule has 1 heterocycles. The van der Waals surface area contributed by atoms with Crippen LogP contribution in [0.25, 0.3) is 0 Å². The van der Waals surface area contributed by atoms with Crippen molar-refractivity contribution < 1.29 is 4.79 Å². The molecule has 0 spiro atoms. The van der Waals surface area contributed by atoms with Crippen LogP contribution in [0.4, 0.5) is 0 Å². The first-order chi connectivity index (χ1) is 8.27. The van der Waals surface area contributed by atoms with Crippen molar-refractivity contribution in [3.8, 4) is 0 Å². The van der Waals surface area contributed by atoms with Gasteiger partial charge in [0.1, 0.15) is 0 Å². The number of benzene rings is 1. The molecule has 0 aliphatic rings. The van der Waals surface area contributed by atoms with Gasteiger partial charge < -0.3 is 0 Å². The molecule has 0 aliphatic carbocycles. The minimum atomic E-state index is -0.191. The molecule has 1 amide bonds. The molecule has 5 heteroatoms. The van der Waals surface area contributed by atoms with E-state index in [0.29, 0.717) is 4.88 Å². The number of hydrogen-bond donors (Lipinski definition) is 1. The average molecular weight is 309 g/mol. The highest BCUT2D eigenvalue weighted by Gasteiger charge is 2.03. The highest BCUT2D eigenvalue weighted by atomic mass is 79.9. The summed E-state index contributed by atoms with van der Waals surface area (Å²) in [5.41, 5.74) is 3.40. The van der Waals surface area contributed by atoms with E-state index >= 15 is 0 Å². The maximum Gasteiger partial charge on any atom is 0.281 e. The van der Waals surface area contributed by atoms with E-state index in [1.165, 1.54) is 11.3 Å². The van der Waals surface area contributed by atoms with Crippen LogP contribution in [0.5, 0.6) is 0 Å². The Morgan fingerprint density at radius 1 is 1.29 bits per heavy atom. The predicted octanol–water partition coefficient (Wildman–Crippen LogP) is 3.27. The Morgan fingerprint density at radius 3 is 2.82 bits per heavy atom. The summed E-state index contributed by atoms with van der Waals surface area (Å²) < 4.78 is 0.939. The summed E-state index contributed by atoms with van der Waals surface area (Å²) in [5, 5.41) is 5.76. The largest absolute Gasteiger partial charge is 0.281 e. The van der Waals surface area contributed by atoms with E-state index < -0.39 is 0 Å². The lowest BCUT2D eigenvalue weighted by Crippen LogP contribution is -2.16. The Hall–Kier alpha value is -1.46. The van der Waals surface area contributed by atoms with E-state index in [1.807, 2.05) is 35.7 Å². The van der Waals surface area contributed by atoms with Crippen molar-refractivity contribution in [2.75, 3.05) is 0 Å². The molecule has 1 aromatic carbocycles. The van der Waals surface area contributed by atoms with E-state index in [2.05, 4.69) is 26.5 Å². The van der Waals surface area contributed by atoms with Crippen molar-refractivity contribution >= 4 is 39.4 Å². The number of hydrazone groups is 1. The Balaban J connectivity index is 1.99. The van der Waals surface area contributed by atoms with Gasteiger partial charge in [0.05, 0.1) is 11.1 Å². The van der Waals surface area contributed by atoms with Crippen molar-refractivity contribution in [1.82, 2.24) is 5.43 Å². The summed E-state index contributed by atoms with van der Waals surface area (Å²) in [6.45, 7) is 0. The van der Waals surface area contributed by atoms with Crippen LogP contribution in [-0.4, -0.2) is 12.1 Å². The maximum atomic E-state index is 11.6. The van der Waals surface area contributed by atoms with Gasteiger partial charge in [-0.15, -0.1) is 11.3 Å². The molecule has 0 fully saturated rings. The van der Waals surface area contributed by atoms with E-state index in [0.717, 1.165) is 10.0 Å². The van der Waals surface area contributed by atoms with Gasteiger partial charge in [-0.3, -0.25) is 4.79 Å². The lowest BCUT2D eigenvalue weighted by Gasteiger charge is -1.97. The molecule has 0 bridgehead atoms. The molecule has 86 valence electrons. The Morgan fingerprint density at radius 2 is 2.12 bits per heavy atom. The van der Waals surface area contributed by atoms with E-state index in [4.69, 9.17) is 0 Å². The second-order valence-electron chi connectivity index (χ2n) is 3.20. The minimum absolute atomic E-state index is 0.191. The lowest BCUT2D eigenvalue weighted by atomic mass is 10.2. The number of hydrogen-bond acceptors (Lipinski definition) is 3. The molecular formula is C12H9BrN2OS. The Kier molecular flexibility index (Phi) is 4.06. The van der Waals surface area contributed by atoms with Gasteiger partial charge in [-0.05, 0) is 17.5 Å². The van der Waals surface area contributed by atoms with Gasteiger partial charge >= 0.3 is 0 Å². The first-order valence-electron chi connectivity index (χ1n) is 4.89. The van der Waals surface area contributed by atoms with Crippen LogP contribution in [-0.2, 0) is 0 Å². The number of nitrogens with zero attached hydrogens (tertiary/aromatic N) is 1. The van der Waals surface area contributed by atoms with Crippen molar-refractivity contribution in [2.24, 2.45) is 5.10 Å². The van der Waals surface area contributed by atoms with Crippen LogP contribution in [0, 0.1) is 0 Å². The van der Waals surface area contributed by atoms with E-state index in [9.17, 15) is 4.79 Å². The molecule has 2 rings (SSSR count). The molecule has 2 aromatic rings. The average Bonchev–Trinajstić information content (AvgIpc) is 2.85. The second-order valence-corrected chi connectivity index (χ2v) is 5.00. The Labute approximate surface area is 111 Å². The van der Waals surface area contributed by atoms with Crippen molar-refractivity contribution in [3.05, 3.63) is 56.7 Å². The molecule has 0 atom stereocenters. The third-order valence-electron chi connectivity index (χ3n) is 2.02. The smallest absolute Gasteiger partial charge is 0.266 e. The predicted molar refractivity (Wildman–Crippen MR) is 73.5 cm³/mol. The molecule has 1 N–H and O–H groups in total. The summed E-state index contributed by atoms with van der Waals surface area (Å²) >= 11 is 4.79. The number of nitrogens with one attached hydrogen (secondary N) is 1. The normalized spacial score (nSPS) is 10.6. The summed E-state index contributed by atoms with van der Waals surface area (Å²) in [6, 6.07) is 11.2. The second kappa shape index (κ2) is 5.75. The van der Waals surface area contributed by atoms with Gasteiger partial charge in [-0.1, -0.05) is 40.2 Å². The van der Waals surface area contributed by atoms with Crippen LogP contribution < -0.4 is 5.43 Å². The number of carbonyl (C=O) groups is 1. The molecule has 17 heavy (non-hydrogen) atoms. The van der Waals surface area contributed by atoms with Gasteiger partial charge in [-0.2, -0.15) is 5.10 Å². The highest BCUT2D eigenvalue weighted by Crippen LogP contribution is 2.13. The molecule has 0 unspecified atom stereocenters. The number of carbonyl (C=O) groups excluding carboxylic acids is 1. The lowest BCUT2D eigenvalue weighted by molar-refractivity contribution is 0.0959. The van der Waals surface area contributed by atoms with E-state index in [-0.39, 0.29) is 5.91 Å². The summed E-state index contributed by atoms with van der Waals surface area (Å²) in [6.07, 6.45) is 1.61. The molecule has 0 radical (unpaired) electrons. The number of halogens is 1. The topological polar surface area (TPSA) is 41.5 Å². The number of amides is 1. The number of rotatable bonds is 3. The fourth-order valence-electron chi connectivity index (χ4n) is 1.20. The fourth-order valence-corrected chi connectivity index (χ4v) is 2.20. The van der Waals surface area contributed by atoms with Crippen LogP contribution in [0.15, 0.2) is 51.4 Å². The third-order valence-corrected chi connectivity index (χ3v) is 3.61. The zero-order valence-electron chi connectivity index (χ0n) is 8.76. The van der Waals surface area contributed by atoms with Crippen molar-refractivity contribution in [2.45, 2.75) is 0 Å². The Bertz CT molecular complexity index is 537. The summed E-state index contributed by atoms with van der Waals surface area (Å²) in [7, 11) is 0. The molecular weight excluding hydrogens is 300 g/mol. The van der Waals surface area contributed by atoms with Crippen molar-refractivity contribution in [1.29, 1.82) is 0 Å². The minimum Gasteiger partial charge on any atom is -0.266 e. The van der Waals surface area contributed by atoms with Gasteiger partial charge in [0.15, 0.2) is 0 Å². The maximum absolute atomic E-state index is 11.6. The molecule has 0 saturated heterocycles. The first-order valence-corrected chi connectivity index (χ1v) is 6.56. The fraction of sp³-hybridized carbons (Fsp3) is 0. The third kappa shape index (κ3) is 3.25. The quantitative estimate of drug-likeness (QED) is 0.686. The first kappa shape index (κ1) is 12.0. The zero-order valence-corrected chi connectivity index (χ0v) is 11.2. The standard InChI is InChI=1S/C12H9BrN2OS/c13-10-5-2-1-4-9(10)8-14-15-12(16)11-6-3-7-17-11/h1-8H,(H,15,16). The molecule has 0 saturated carbocycles.